The number of rotatable bonds is 6. The number of amides is 2. The number of aryl methyl sites for hydroxylation is 1. The van der Waals surface area contributed by atoms with E-state index >= 15 is 0 Å². The predicted octanol–water partition coefficient (Wildman–Crippen LogP) is 1.04. The molecule has 0 atom stereocenters. The molecule has 0 aliphatic rings. The van der Waals surface area contributed by atoms with Crippen molar-refractivity contribution in [2.45, 2.75) is 26.7 Å². The molecule has 1 aromatic rings. The molecule has 0 radical (unpaired) electrons. The van der Waals surface area contributed by atoms with Crippen LogP contribution >= 0.6 is 0 Å². The lowest BCUT2D eigenvalue weighted by molar-refractivity contribution is -0.120. The van der Waals surface area contributed by atoms with Crippen LogP contribution in [0.2, 0.25) is 0 Å². The van der Waals surface area contributed by atoms with Gasteiger partial charge in [-0.3, -0.25) is 14.6 Å². The first-order valence-corrected chi connectivity index (χ1v) is 6.11. The monoisotopic (exact) mass is 249 g/mol. The minimum atomic E-state index is -0.135. The van der Waals surface area contributed by atoms with Crippen LogP contribution in [0.4, 0.5) is 0 Å². The summed E-state index contributed by atoms with van der Waals surface area (Å²) in [5.41, 5.74) is 1.44. The molecule has 0 unspecified atom stereocenters. The third-order valence-corrected chi connectivity index (χ3v) is 2.46. The van der Waals surface area contributed by atoms with Crippen molar-refractivity contribution >= 4 is 11.8 Å². The lowest BCUT2D eigenvalue weighted by Crippen LogP contribution is -2.29. The van der Waals surface area contributed by atoms with Crippen LogP contribution in [-0.4, -0.2) is 29.9 Å². The highest BCUT2D eigenvalue weighted by Crippen LogP contribution is 1.98. The number of carbonyl (C=O) groups excluding carboxylic acids is 2. The van der Waals surface area contributed by atoms with Crippen molar-refractivity contribution in [1.29, 1.82) is 0 Å². The topological polar surface area (TPSA) is 71.1 Å². The molecular weight excluding hydrogens is 230 g/mol. The number of hydrogen-bond acceptors (Lipinski definition) is 3. The number of carbonyl (C=O) groups is 2. The maximum atomic E-state index is 11.7. The van der Waals surface area contributed by atoms with Gasteiger partial charge in [0.15, 0.2) is 0 Å². The summed E-state index contributed by atoms with van der Waals surface area (Å²) < 4.78 is 0. The van der Waals surface area contributed by atoms with Gasteiger partial charge >= 0.3 is 0 Å². The second-order valence-corrected chi connectivity index (χ2v) is 4.00. The van der Waals surface area contributed by atoms with E-state index < -0.39 is 0 Å². The van der Waals surface area contributed by atoms with Crippen molar-refractivity contribution in [1.82, 2.24) is 15.6 Å². The Hall–Kier alpha value is -1.91. The summed E-state index contributed by atoms with van der Waals surface area (Å²) in [4.78, 5) is 26.7. The average Bonchev–Trinajstić information content (AvgIpc) is 2.38. The molecule has 1 rings (SSSR count). The van der Waals surface area contributed by atoms with E-state index in [2.05, 4.69) is 15.6 Å². The molecule has 18 heavy (non-hydrogen) atoms. The SMILES string of the molecule is CCC(=O)NCCCNC(=O)c1ccc(C)nc1. The van der Waals surface area contributed by atoms with Crippen molar-refractivity contribution in [3.05, 3.63) is 29.6 Å². The standard InChI is InChI=1S/C13H19N3O2/c1-3-12(17)14-7-4-8-15-13(18)11-6-5-10(2)16-9-11/h5-6,9H,3-4,7-8H2,1-2H3,(H,14,17)(H,15,18). The molecule has 2 N–H and O–H groups in total. The van der Waals surface area contributed by atoms with Gasteiger partial charge in [0.05, 0.1) is 5.56 Å². The lowest BCUT2D eigenvalue weighted by atomic mass is 10.2. The van der Waals surface area contributed by atoms with Gasteiger partial charge in [0.25, 0.3) is 5.91 Å². The molecule has 0 aliphatic heterocycles. The van der Waals surface area contributed by atoms with E-state index in [-0.39, 0.29) is 11.8 Å². The minimum absolute atomic E-state index is 0.0315. The normalized spacial score (nSPS) is 9.89. The van der Waals surface area contributed by atoms with Crippen LogP contribution in [0.3, 0.4) is 0 Å². The molecule has 98 valence electrons. The van der Waals surface area contributed by atoms with Crippen molar-refractivity contribution in [3.63, 3.8) is 0 Å². The van der Waals surface area contributed by atoms with Gasteiger partial charge in [-0.1, -0.05) is 6.92 Å². The van der Waals surface area contributed by atoms with E-state index in [0.717, 1.165) is 12.1 Å². The molecule has 0 saturated heterocycles. The van der Waals surface area contributed by atoms with Crippen LogP contribution in [0.5, 0.6) is 0 Å². The molecule has 0 saturated carbocycles. The Labute approximate surface area is 107 Å². The summed E-state index contributed by atoms with van der Waals surface area (Å²) >= 11 is 0. The average molecular weight is 249 g/mol. The summed E-state index contributed by atoms with van der Waals surface area (Å²) in [6.45, 7) is 4.80. The van der Waals surface area contributed by atoms with E-state index in [1.165, 1.54) is 0 Å². The maximum Gasteiger partial charge on any atom is 0.252 e. The summed E-state index contributed by atoms with van der Waals surface area (Å²) in [6, 6.07) is 3.55. The number of aromatic nitrogens is 1. The molecular formula is C13H19N3O2. The van der Waals surface area contributed by atoms with Crippen molar-refractivity contribution in [3.8, 4) is 0 Å². The quantitative estimate of drug-likeness (QED) is 0.740. The molecule has 5 nitrogen and oxygen atoms in total. The van der Waals surface area contributed by atoms with Gasteiger partial charge in [0.2, 0.25) is 5.91 Å². The van der Waals surface area contributed by atoms with Crippen molar-refractivity contribution in [2.24, 2.45) is 0 Å². The summed E-state index contributed by atoms with van der Waals surface area (Å²) in [5.74, 6) is -0.103. The van der Waals surface area contributed by atoms with Crippen LogP contribution < -0.4 is 10.6 Å². The minimum Gasteiger partial charge on any atom is -0.356 e. The Balaban J connectivity index is 2.21. The van der Waals surface area contributed by atoms with Crippen LogP contribution in [-0.2, 0) is 4.79 Å². The predicted molar refractivity (Wildman–Crippen MR) is 69.2 cm³/mol. The second-order valence-electron chi connectivity index (χ2n) is 4.00. The fourth-order valence-electron chi connectivity index (χ4n) is 1.35. The second kappa shape index (κ2) is 7.42. The summed E-state index contributed by atoms with van der Waals surface area (Å²) in [6.07, 6.45) is 2.77. The number of hydrogen-bond donors (Lipinski definition) is 2. The van der Waals surface area contributed by atoms with E-state index in [1.54, 1.807) is 18.3 Å². The Morgan fingerprint density at radius 3 is 2.56 bits per heavy atom. The zero-order valence-corrected chi connectivity index (χ0v) is 10.8. The fraction of sp³-hybridized carbons (Fsp3) is 0.462. The van der Waals surface area contributed by atoms with Gasteiger partial charge in [-0.15, -0.1) is 0 Å². The molecule has 0 bridgehead atoms. The Bertz CT molecular complexity index is 401. The van der Waals surface area contributed by atoms with E-state index in [9.17, 15) is 9.59 Å². The Morgan fingerprint density at radius 2 is 1.94 bits per heavy atom. The van der Waals surface area contributed by atoms with Crippen molar-refractivity contribution < 1.29 is 9.59 Å². The number of nitrogens with one attached hydrogen (secondary N) is 2. The molecule has 5 heteroatoms. The zero-order chi connectivity index (χ0) is 13.4. The van der Waals surface area contributed by atoms with Crippen LogP contribution in [0.25, 0.3) is 0 Å². The third-order valence-electron chi connectivity index (χ3n) is 2.46. The highest BCUT2D eigenvalue weighted by molar-refractivity contribution is 5.93. The maximum absolute atomic E-state index is 11.7. The Kier molecular flexibility index (Phi) is 5.84. The fourth-order valence-corrected chi connectivity index (χ4v) is 1.35. The smallest absolute Gasteiger partial charge is 0.252 e. The number of pyridine rings is 1. The van der Waals surface area contributed by atoms with Gasteiger partial charge in [-0.2, -0.15) is 0 Å². The van der Waals surface area contributed by atoms with Gasteiger partial charge in [0.1, 0.15) is 0 Å². The van der Waals surface area contributed by atoms with Gasteiger partial charge < -0.3 is 10.6 Å². The number of nitrogens with zero attached hydrogens (tertiary/aromatic N) is 1. The molecule has 1 aromatic heterocycles. The first-order chi connectivity index (χ1) is 8.63. The molecule has 0 spiro atoms. The van der Waals surface area contributed by atoms with Crippen LogP contribution in [0, 0.1) is 6.92 Å². The van der Waals surface area contributed by atoms with E-state index in [1.807, 2.05) is 13.8 Å². The molecule has 0 aliphatic carbocycles. The first-order valence-electron chi connectivity index (χ1n) is 6.11. The Morgan fingerprint density at radius 1 is 1.22 bits per heavy atom. The first kappa shape index (κ1) is 14.2. The molecule has 0 fully saturated rings. The molecule has 0 aromatic carbocycles. The largest absolute Gasteiger partial charge is 0.356 e. The molecule has 1 heterocycles. The van der Waals surface area contributed by atoms with E-state index in [4.69, 9.17) is 0 Å². The molecule has 2 amide bonds. The zero-order valence-electron chi connectivity index (χ0n) is 10.8. The van der Waals surface area contributed by atoms with Gasteiger partial charge in [-0.25, -0.2) is 0 Å². The van der Waals surface area contributed by atoms with Crippen LogP contribution in [0.15, 0.2) is 18.3 Å². The third kappa shape index (κ3) is 4.95. The van der Waals surface area contributed by atoms with Crippen molar-refractivity contribution in [2.75, 3.05) is 13.1 Å². The summed E-state index contributed by atoms with van der Waals surface area (Å²) in [7, 11) is 0. The van der Waals surface area contributed by atoms with E-state index in [0.29, 0.717) is 25.1 Å². The summed E-state index contributed by atoms with van der Waals surface area (Å²) in [5, 5.41) is 5.53. The van der Waals surface area contributed by atoms with Gasteiger partial charge in [0, 0.05) is 31.4 Å². The van der Waals surface area contributed by atoms with Crippen LogP contribution in [0.1, 0.15) is 35.8 Å². The lowest BCUT2D eigenvalue weighted by Gasteiger charge is -2.06. The van der Waals surface area contributed by atoms with Gasteiger partial charge in [-0.05, 0) is 25.5 Å². The highest BCUT2D eigenvalue weighted by atomic mass is 16.2. The highest BCUT2D eigenvalue weighted by Gasteiger charge is 2.04.